The lowest BCUT2D eigenvalue weighted by molar-refractivity contribution is -0.117. The van der Waals surface area contributed by atoms with Crippen LogP contribution in [0.25, 0.3) is 0 Å². The normalized spacial score (nSPS) is 15.1. The second kappa shape index (κ2) is 9.22. The molecular weight excluding hydrogens is 429 g/mol. The van der Waals surface area contributed by atoms with Crippen molar-refractivity contribution < 1.29 is 17.6 Å². The lowest BCUT2D eigenvalue weighted by atomic mass is 10.1. The van der Waals surface area contributed by atoms with Crippen LogP contribution in [0.15, 0.2) is 42.5 Å². The molecule has 1 heterocycles. The molecule has 0 aliphatic carbocycles. The smallest absolute Gasteiger partial charge is 0.248 e. The summed E-state index contributed by atoms with van der Waals surface area (Å²) in [5, 5.41) is 2.57. The van der Waals surface area contributed by atoms with Gasteiger partial charge in [0, 0.05) is 24.5 Å². The topological polar surface area (TPSA) is 69.7 Å². The van der Waals surface area contributed by atoms with Gasteiger partial charge in [-0.1, -0.05) is 18.5 Å². The van der Waals surface area contributed by atoms with E-state index in [1.54, 1.807) is 19.1 Å². The van der Waals surface area contributed by atoms with Crippen LogP contribution in [-0.4, -0.2) is 39.7 Å². The average Bonchev–Trinajstić information content (AvgIpc) is 3.22. The number of nitrogens with zero attached hydrogens (tertiary/aromatic N) is 2. The maximum absolute atomic E-state index is 13.5. The molecule has 2 aromatic carbocycles. The number of rotatable bonds is 7. The molecule has 1 N–H and O–H groups in total. The van der Waals surface area contributed by atoms with Crippen LogP contribution >= 0.6 is 11.6 Å². The summed E-state index contributed by atoms with van der Waals surface area (Å²) in [5.41, 5.74) is 1.80. The van der Waals surface area contributed by atoms with Crippen molar-refractivity contribution >= 4 is 44.6 Å². The van der Waals surface area contributed by atoms with Crippen LogP contribution in [0.3, 0.4) is 0 Å². The van der Waals surface area contributed by atoms with Crippen molar-refractivity contribution in [2.24, 2.45) is 0 Å². The zero-order valence-electron chi connectivity index (χ0n) is 16.9. The number of halogens is 2. The number of nitrogens with one attached hydrogen (secondary N) is 1. The molecule has 1 fully saturated rings. The third kappa shape index (κ3) is 5.05. The molecule has 9 heteroatoms. The van der Waals surface area contributed by atoms with Crippen molar-refractivity contribution in [3.05, 3.63) is 53.3 Å². The first kappa shape index (κ1) is 22.4. The van der Waals surface area contributed by atoms with Gasteiger partial charge < -0.3 is 10.2 Å². The molecule has 1 amide bonds. The average molecular weight is 454 g/mol. The summed E-state index contributed by atoms with van der Waals surface area (Å²) < 4.78 is 39.5. The third-order valence-corrected chi connectivity index (χ3v) is 6.56. The Morgan fingerprint density at radius 1 is 1.20 bits per heavy atom. The first-order valence-corrected chi connectivity index (χ1v) is 12.0. The third-order valence-electron chi connectivity index (χ3n) is 5.09. The molecule has 162 valence electrons. The summed E-state index contributed by atoms with van der Waals surface area (Å²) in [7, 11) is -3.83. The van der Waals surface area contributed by atoms with E-state index < -0.39 is 27.8 Å². The van der Waals surface area contributed by atoms with Crippen molar-refractivity contribution in [1.29, 1.82) is 0 Å². The highest BCUT2D eigenvalue weighted by Gasteiger charge is 2.32. The minimum Gasteiger partial charge on any atom is -0.372 e. The molecule has 0 spiro atoms. The van der Waals surface area contributed by atoms with Gasteiger partial charge in [-0.2, -0.15) is 0 Å². The number of sulfonamides is 1. The Morgan fingerprint density at radius 2 is 1.83 bits per heavy atom. The summed E-state index contributed by atoms with van der Waals surface area (Å²) in [6.45, 7) is 3.75. The van der Waals surface area contributed by atoms with Gasteiger partial charge >= 0.3 is 0 Å². The van der Waals surface area contributed by atoms with E-state index in [0.29, 0.717) is 5.69 Å². The first-order valence-electron chi connectivity index (χ1n) is 9.81. The van der Waals surface area contributed by atoms with Crippen molar-refractivity contribution in [3.8, 4) is 0 Å². The molecule has 2 aromatic rings. The van der Waals surface area contributed by atoms with Gasteiger partial charge in [0.2, 0.25) is 15.9 Å². The summed E-state index contributed by atoms with van der Waals surface area (Å²) in [4.78, 5) is 15.2. The van der Waals surface area contributed by atoms with Crippen molar-refractivity contribution in [2.75, 3.05) is 33.9 Å². The Bertz CT molecular complexity index is 1010. The lowest BCUT2D eigenvalue weighted by Crippen LogP contribution is -2.47. The highest BCUT2D eigenvalue weighted by Crippen LogP contribution is 2.28. The largest absolute Gasteiger partial charge is 0.372 e. The second-order valence-corrected chi connectivity index (χ2v) is 9.58. The number of carbonyl (C=O) groups excluding carboxylic acids is 1. The molecule has 0 radical (unpaired) electrons. The van der Waals surface area contributed by atoms with Crippen LogP contribution in [-0.2, 0) is 14.8 Å². The van der Waals surface area contributed by atoms with Gasteiger partial charge in [0.1, 0.15) is 11.9 Å². The van der Waals surface area contributed by atoms with E-state index in [2.05, 4.69) is 10.2 Å². The number of amides is 1. The molecule has 0 aromatic heterocycles. The van der Waals surface area contributed by atoms with Crippen LogP contribution < -0.4 is 14.5 Å². The second-order valence-electron chi connectivity index (χ2n) is 7.31. The fraction of sp³-hybridized carbons (Fsp3) is 0.381. The molecule has 6 nitrogen and oxygen atoms in total. The predicted octanol–water partition coefficient (Wildman–Crippen LogP) is 4.26. The van der Waals surface area contributed by atoms with Crippen LogP contribution in [0.1, 0.15) is 26.2 Å². The molecule has 30 heavy (non-hydrogen) atoms. The van der Waals surface area contributed by atoms with Gasteiger partial charge in [-0.05, 0) is 61.7 Å². The predicted molar refractivity (Wildman–Crippen MR) is 119 cm³/mol. The molecular formula is C21H25ClFN3O3S. The quantitative estimate of drug-likeness (QED) is 0.680. The molecule has 3 rings (SSSR count). The Labute approximate surface area is 181 Å². The van der Waals surface area contributed by atoms with Gasteiger partial charge in [0.25, 0.3) is 0 Å². The van der Waals surface area contributed by atoms with E-state index in [1.165, 1.54) is 25.0 Å². The number of hydrogen-bond donors (Lipinski definition) is 1. The zero-order chi connectivity index (χ0) is 21.9. The SMILES string of the molecule is CCC(C(=O)Nc1ccc(N2CCCC2)cc1)N(c1ccc(F)c(Cl)c1)S(C)(=O)=O. The molecule has 0 saturated carbocycles. The Balaban J connectivity index is 1.82. The molecule has 1 aliphatic rings. The minimum absolute atomic E-state index is 0.135. The number of hydrogen-bond acceptors (Lipinski definition) is 4. The van der Waals surface area contributed by atoms with Gasteiger partial charge in [0.15, 0.2) is 0 Å². The zero-order valence-corrected chi connectivity index (χ0v) is 18.5. The summed E-state index contributed by atoms with van der Waals surface area (Å²) in [6, 6.07) is 10.1. The minimum atomic E-state index is -3.83. The van der Waals surface area contributed by atoms with Gasteiger partial charge in [-0.15, -0.1) is 0 Å². The summed E-state index contributed by atoms with van der Waals surface area (Å²) in [5.74, 6) is -1.14. The number of benzene rings is 2. The standard InChI is InChI=1S/C21H25ClFN3O3S/c1-3-20(26(30(2,28)29)17-10-11-19(23)18(22)14-17)21(27)24-15-6-8-16(9-7-15)25-12-4-5-13-25/h6-11,14,20H,3-5,12-13H2,1-2H3,(H,24,27). The van der Waals surface area contributed by atoms with Crippen LogP contribution in [0.5, 0.6) is 0 Å². The molecule has 1 aliphatic heterocycles. The van der Waals surface area contributed by atoms with Crippen molar-refractivity contribution in [1.82, 2.24) is 0 Å². The Morgan fingerprint density at radius 3 is 2.37 bits per heavy atom. The fourth-order valence-corrected chi connectivity index (χ4v) is 5.02. The lowest BCUT2D eigenvalue weighted by Gasteiger charge is -2.30. The van der Waals surface area contributed by atoms with E-state index in [4.69, 9.17) is 11.6 Å². The first-order chi connectivity index (χ1) is 14.2. The molecule has 1 atom stereocenters. The van der Waals surface area contributed by atoms with Crippen LogP contribution in [0.4, 0.5) is 21.5 Å². The Kier molecular flexibility index (Phi) is 6.88. The Hall–Kier alpha value is -2.32. The van der Waals surface area contributed by atoms with Gasteiger partial charge in [-0.3, -0.25) is 9.10 Å². The number of carbonyl (C=O) groups is 1. The highest BCUT2D eigenvalue weighted by molar-refractivity contribution is 7.92. The summed E-state index contributed by atoms with van der Waals surface area (Å²) in [6.07, 6.45) is 3.57. The maximum Gasteiger partial charge on any atom is 0.248 e. The maximum atomic E-state index is 13.5. The van der Waals surface area contributed by atoms with E-state index >= 15 is 0 Å². The van der Waals surface area contributed by atoms with E-state index in [9.17, 15) is 17.6 Å². The van der Waals surface area contributed by atoms with Crippen LogP contribution in [0, 0.1) is 5.82 Å². The van der Waals surface area contributed by atoms with Crippen molar-refractivity contribution in [2.45, 2.75) is 32.2 Å². The van der Waals surface area contributed by atoms with Gasteiger partial charge in [0.05, 0.1) is 17.0 Å². The molecule has 1 saturated heterocycles. The number of anilines is 3. The van der Waals surface area contributed by atoms with E-state index in [0.717, 1.165) is 35.4 Å². The fourth-order valence-electron chi connectivity index (χ4n) is 3.64. The van der Waals surface area contributed by atoms with E-state index in [1.807, 2.05) is 12.1 Å². The monoisotopic (exact) mass is 453 g/mol. The van der Waals surface area contributed by atoms with Gasteiger partial charge in [-0.25, -0.2) is 12.8 Å². The van der Waals surface area contributed by atoms with Crippen molar-refractivity contribution in [3.63, 3.8) is 0 Å². The molecule has 0 bridgehead atoms. The van der Waals surface area contributed by atoms with Crippen LogP contribution in [0.2, 0.25) is 5.02 Å². The summed E-state index contributed by atoms with van der Waals surface area (Å²) >= 11 is 5.83. The highest BCUT2D eigenvalue weighted by atomic mass is 35.5. The molecule has 1 unspecified atom stereocenters. The van der Waals surface area contributed by atoms with E-state index in [-0.39, 0.29) is 17.1 Å².